The van der Waals surface area contributed by atoms with Crippen molar-refractivity contribution >= 4 is 39.3 Å². The summed E-state index contributed by atoms with van der Waals surface area (Å²) < 4.78 is 27.4. The van der Waals surface area contributed by atoms with Crippen LogP contribution < -0.4 is 21.1 Å². The highest BCUT2D eigenvalue weighted by Gasteiger charge is 2.29. The molecule has 2 aromatic heterocycles. The van der Waals surface area contributed by atoms with Crippen molar-refractivity contribution < 1.29 is 23.5 Å². The molecular weight excluding hydrogens is 545 g/mol. The molecule has 4 aromatic rings. The lowest BCUT2D eigenvalue weighted by molar-refractivity contribution is 0.147. The van der Waals surface area contributed by atoms with Crippen LogP contribution in [0.4, 0.5) is 19.7 Å². The van der Waals surface area contributed by atoms with Gasteiger partial charge in [-0.25, -0.2) is 14.0 Å². The van der Waals surface area contributed by atoms with E-state index in [4.69, 9.17) is 15.2 Å². The SMILES string of the molecule is CCNC(=O)N(CCOC)Cc1ccc(-c2cc3nccc(Oc4ccc(C5CC5)c(NC(N)=O)c4F)c3s2)cc1. The van der Waals surface area contributed by atoms with E-state index in [0.717, 1.165) is 44.6 Å². The Bertz CT molecular complexity index is 1550. The summed E-state index contributed by atoms with van der Waals surface area (Å²) in [6.07, 6.45) is 3.50. The van der Waals surface area contributed by atoms with Crippen LogP contribution in [-0.2, 0) is 11.3 Å². The van der Waals surface area contributed by atoms with Gasteiger partial charge in [-0.1, -0.05) is 30.3 Å². The number of methoxy groups -OCH3 is 1. The van der Waals surface area contributed by atoms with Crippen LogP contribution >= 0.6 is 11.3 Å². The molecule has 9 nitrogen and oxygen atoms in total. The Hall–Kier alpha value is -4.22. The number of benzene rings is 2. The molecule has 214 valence electrons. The minimum Gasteiger partial charge on any atom is -0.453 e. The monoisotopic (exact) mass is 577 g/mol. The third kappa shape index (κ3) is 6.58. The van der Waals surface area contributed by atoms with E-state index in [1.165, 1.54) is 11.3 Å². The second kappa shape index (κ2) is 12.5. The zero-order valence-electron chi connectivity index (χ0n) is 22.9. The number of hydrogen-bond acceptors (Lipinski definition) is 6. The average Bonchev–Trinajstić information content (AvgIpc) is 3.71. The molecule has 1 saturated carbocycles. The molecule has 41 heavy (non-hydrogen) atoms. The Labute approximate surface area is 241 Å². The number of carbonyl (C=O) groups is 2. The number of anilines is 1. The van der Waals surface area contributed by atoms with Crippen LogP contribution in [0.2, 0.25) is 0 Å². The Morgan fingerprint density at radius 3 is 2.61 bits per heavy atom. The lowest BCUT2D eigenvalue weighted by Crippen LogP contribution is -2.41. The summed E-state index contributed by atoms with van der Waals surface area (Å²) in [5.74, 6) is 0.00988. The fourth-order valence-electron chi connectivity index (χ4n) is 4.60. The van der Waals surface area contributed by atoms with Crippen LogP contribution in [0.25, 0.3) is 20.7 Å². The van der Waals surface area contributed by atoms with Crippen LogP contribution in [-0.4, -0.2) is 48.8 Å². The summed E-state index contributed by atoms with van der Waals surface area (Å²) in [4.78, 5) is 31.1. The number of hydrogen-bond donors (Lipinski definition) is 3. The Morgan fingerprint density at radius 1 is 1.15 bits per heavy atom. The number of rotatable bonds is 11. The van der Waals surface area contributed by atoms with Gasteiger partial charge in [0.1, 0.15) is 5.75 Å². The van der Waals surface area contributed by atoms with Gasteiger partial charge in [-0.05, 0) is 54.5 Å². The van der Waals surface area contributed by atoms with Crippen LogP contribution in [0, 0.1) is 5.82 Å². The van der Waals surface area contributed by atoms with E-state index in [1.807, 2.05) is 37.3 Å². The maximum Gasteiger partial charge on any atom is 0.317 e. The fourth-order valence-corrected chi connectivity index (χ4v) is 5.67. The van der Waals surface area contributed by atoms with Gasteiger partial charge in [-0.15, -0.1) is 11.3 Å². The van der Waals surface area contributed by atoms with Crippen LogP contribution in [0.3, 0.4) is 0 Å². The van der Waals surface area contributed by atoms with Gasteiger partial charge >= 0.3 is 12.1 Å². The molecule has 4 N–H and O–H groups in total. The van der Waals surface area contributed by atoms with Gasteiger partial charge in [-0.2, -0.15) is 0 Å². The normalized spacial score (nSPS) is 12.8. The highest BCUT2D eigenvalue weighted by atomic mass is 32.1. The lowest BCUT2D eigenvalue weighted by atomic mass is 10.1. The Morgan fingerprint density at radius 2 is 1.93 bits per heavy atom. The third-order valence-electron chi connectivity index (χ3n) is 6.79. The molecule has 4 amide bonds. The van der Waals surface area contributed by atoms with Crippen molar-refractivity contribution in [2.24, 2.45) is 5.73 Å². The zero-order valence-corrected chi connectivity index (χ0v) is 23.7. The zero-order chi connectivity index (χ0) is 28.9. The minimum atomic E-state index is -0.824. The van der Waals surface area contributed by atoms with E-state index in [-0.39, 0.29) is 23.4 Å². The number of nitrogens with zero attached hydrogens (tertiary/aromatic N) is 2. The smallest absolute Gasteiger partial charge is 0.317 e. The van der Waals surface area contributed by atoms with Crippen molar-refractivity contribution in [3.63, 3.8) is 0 Å². The van der Waals surface area contributed by atoms with Crippen molar-refractivity contribution in [2.75, 3.05) is 32.1 Å². The summed E-state index contributed by atoms with van der Waals surface area (Å²) in [6, 6.07) is 14.1. The molecule has 0 aliphatic heterocycles. The number of primary amides is 1. The molecule has 5 rings (SSSR count). The quantitative estimate of drug-likeness (QED) is 0.190. The van der Waals surface area contributed by atoms with Crippen molar-refractivity contribution in [3.8, 4) is 21.9 Å². The maximum atomic E-state index is 15.5. The van der Waals surface area contributed by atoms with Gasteiger partial charge in [0.05, 0.1) is 22.5 Å². The van der Waals surface area contributed by atoms with Gasteiger partial charge in [0.15, 0.2) is 11.6 Å². The molecule has 0 spiro atoms. The highest BCUT2D eigenvalue weighted by molar-refractivity contribution is 7.22. The number of nitrogens with two attached hydrogens (primary N) is 1. The second-order valence-corrected chi connectivity index (χ2v) is 10.8. The molecule has 2 aromatic carbocycles. The number of aromatic nitrogens is 1. The van der Waals surface area contributed by atoms with Gasteiger partial charge in [0.2, 0.25) is 0 Å². The number of carbonyl (C=O) groups excluding carboxylic acids is 2. The number of urea groups is 2. The molecule has 0 atom stereocenters. The molecule has 0 unspecified atom stereocenters. The van der Waals surface area contributed by atoms with Crippen LogP contribution in [0.1, 0.15) is 36.8 Å². The van der Waals surface area contributed by atoms with Gasteiger partial charge in [-0.3, -0.25) is 4.98 Å². The minimum absolute atomic E-state index is 0.00455. The van der Waals surface area contributed by atoms with E-state index in [2.05, 4.69) is 15.6 Å². The predicted molar refractivity (Wildman–Crippen MR) is 158 cm³/mol. The van der Waals surface area contributed by atoms with E-state index >= 15 is 4.39 Å². The van der Waals surface area contributed by atoms with Crippen LogP contribution in [0.5, 0.6) is 11.5 Å². The first-order valence-corrected chi connectivity index (χ1v) is 14.3. The first-order valence-electron chi connectivity index (χ1n) is 13.4. The van der Waals surface area contributed by atoms with Crippen molar-refractivity contribution in [2.45, 2.75) is 32.2 Å². The predicted octanol–water partition coefficient (Wildman–Crippen LogP) is 6.44. The Kier molecular flexibility index (Phi) is 8.65. The molecule has 2 heterocycles. The summed E-state index contributed by atoms with van der Waals surface area (Å²) in [7, 11) is 1.61. The van der Waals surface area contributed by atoms with E-state index in [9.17, 15) is 9.59 Å². The summed E-state index contributed by atoms with van der Waals surface area (Å²) in [5, 5.41) is 5.27. The number of pyridine rings is 1. The summed E-state index contributed by atoms with van der Waals surface area (Å²) >= 11 is 1.49. The molecular formula is C30H32FN5O4S. The first-order chi connectivity index (χ1) is 19.9. The molecule has 11 heteroatoms. The largest absolute Gasteiger partial charge is 0.453 e. The number of amides is 4. The molecule has 1 fully saturated rings. The fraction of sp³-hybridized carbons (Fsp3) is 0.300. The van der Waals surface area contributed by atoms with Crippen molar-refractivity contribution in [1.82, 2.24) is 15.2 Å². The first kappa shape index (κ1) is 28.3. The number of ether oxygens (including phenoxy) is 2. The summed E-state index contributed by atoms with van der Waals surface area (Å²) in [6.45, 7) is 3.83. The molecule has 0 saturated heterocycles. The topological polar surface area (TPSA) is 119 Å². The number of fused-ring (bicyclic) bond motifs is 1. The highest BCUT2D eigenvalue weighted by Crippen LogP contribution is 2.47. The van der Waals surface area contributed by atoms with Gasteiger partial charge < -0.3 is 30.7 Å². The third-order valence-corrected chi connectivity index (χ3v) is 7.98. The summed E-state index contributed by atoms with van der Waals surface area (Å²) in [5.41, 5.74) is 8.80. The van der Waals surface area contributed by atoms with Crippen molar-refractivity contribution in [3.05, 3.63) is 71.7 Å². The molecule has 0 radical (unpaired) electrons. The molecule has 0 bridgehead atoms. The number of nitrogens with one attached hydrogen (secondary N) is 2. The van der Waals surface area contributed by atoms with Crippen LogP contribution in [0.15, 0.2) is 54.7 Å². The van der Waals surface area contributed by atoms with E-state index in [0.29, 0.717) is 32.0 Å². The van der Waals surface area contributed by atoms with E-state index in [1.54, 1.807) is 36.4 Å². The number of halogens is 1. The lowest BCUT2D eigenvalue weighted by Gasteiger charge is -2.22. The van der Waals surface area contributed by atoms with E-state index < -0.39 is 11.8 Å². The molecule has 1 aliphatic rings. The molecule has 1 aliphatic carbocycles. The maximum absolute atomic E-state index is 15.5. The van der Waals surface area contributed by atoms with Gasteiger partial charge in [0.25, 0.3) is 0 Å². The van der Waals surface area contributed by atoms with Gasteiger partial charge in [0, 0.05) is 43.9 Å². The Balaban J connectivity index is 1.37. The average molecular weight is 578 g/mol. The second-order valence-electron chi connectivity index (χ2n) is 9.79. The standard InChI is InChI=1S/C30H32FN5O4S/c1-3-33-30(38)36(14-15-39-2)17-18-4-6-20(7-5-18)25-16-22-28(41-25)24(12-13-34-22)40-23-11-10-21(19-8-9-19)27(26(23)31)35-29(32)37/h4-7,10-13,16,19H,3,8-9,14-15,17H2,1-2H3,(H,33,38)(H3,32,35,37). The number of thiophene rings is 1. The van der Waals surface area contributed by atoms with Crippen molar-refractivity contribution in [1.29, 1.82) is 0 Å².